The summed E-state index contributed by atoms with van der Waals surface area (Å²) in [6, 6.07) is 5.10. The van der Waals surface area contributed by atoms with Gasteiger partial charge in [0.05, 0.1) is 23.8 Å². The van der Waals surface area contributed by atoms with Crippen LogP contribution < -0.4 is 14.4 Å². The van der Waals surface area contributed by atoms with Crippen LogP contribution >= 0.6 is 0 Å². The summed E-state index contributed by atoms with van der Waals surface area (Å²) in [7, 11) is 0. The van der Waals surface area contributed by atoms with Crippen LogP contribution in [0.5, 0.6) is 17.6 Å². The number of ether oxygens (including phenoxy) is 3. The molecular formula is C34H32F3N5O4. The van der Waals surface area contributed by atoms with Gasteiger partial charge in [-0.05, 0) is 55.8 Å². The number of rotatable bonds is 4. The molecule has 3 saturated heterocycles. The van der Waals surface area contributed by atoms with E-state index in [1.807, 2.05) is 4.90 Å². The third-order valence-corrected chi connectivity index (χ3v) is 9.77. The average Bonchev–Trinajstić information content (AvgIpc) is 3.51. The normalized spacial score (nSPS) is 24.5. The topological polar surface area (TPSA) is 93.1 Å². The Kier molecular flexibility index (Phi) is 7.06. The number of terminal acetylenes is 1. The molecule has 0 bridgehead atoms. The Balaban J connectivity index is 1.33. The van der Waals surface area contributed by atoms with E-state index in [0.717, 1.165) is 32.2 Å². The molecule has 1 N–H and O–H groups in total. The molecule has 6 heterocycles. The Morgan fingerprint density at radius 1 is 1.09 bits per heavy atom. The Labute approximate surface area is 263 Å². The summed E-state index contributed by atoms with van der Waals surface area (Å²) in [6.45, 7) is 3.11. The van der Waals surface area contributed by atoms with E-state index in [1.54, 1.807) is 0 Å². The molecule has 12 heteroatoms. The van der Waals surface area contributed by atoms with Crippen molar-refractivity contribution in [1.29, 1.82) is 0 Å². The van der Waals surface area contributed by atoms with Gasteiger partial charge in [0.1, 0.15) is 53.4 Å². The van der Waals surface area contributed by atoms with Crippen molar-refractivity contribution in [1.82, 2.24) is 19.9 Å². The zero-order valence-corrected chi connectivity index (χ0v) is 25.1. The molecule has 0 radical (unpaired) electrons. The molecule has 3 atom stereocenters. The van der Waals surface area contributed by atoms with Crippen LogP contribution in [0.15, 0.2) is 24.3 Å². The monoisotopic (exact) mass is 631 g/mol. The maximum Gasteiger partial charge on any atom is 0.319 e. The van der Waals surface area contributed by atoms with Crippen LogP contribution in [0.1, 0.15) is 37.7 Å². The number of anilines is 1. The Morgan fingerprint density at radius 2 is 1.98 bits per heavy atom. The molecule has 0 aliphatic carbocycles. The van der Waals surface area contributed by atoms with E-state index in [4.69, 9.17) is 25.6 Å². The summed E-state index contributed by atoms with van der Waals surface area (Å²) in [6.07, 6.45) is 8.52. The van der Waals surface area contributed by atoms with Crippen LogP contribution in [-0.4, -0.2) is 88.8 Å². The minimum Gasteiger partial charge on any atom is -0.508 e. The number of pyridine rings is 1. The fourth-order valence-electron chi connectivity index (χ4n) is 7.63. The van der Waals surface area contributed by atoms with Crippen molar-refractivity contribution in [3.63, 3.8) is 0 Å². The van der Waals surface area contributed by atoms with Gasteiger partial charge in [0.15, 0.2) is 5.82 Å². The summed E-state index contributed by atoms with van der Waals surface area (Å²) in [5.74, 6) is 1.19. The number of alkyl halides is 1. The number of halogens is 3. The highest BCUT2D eigenvalue weighted by Gasteiger charge is 2.49. The van der Waals surface area contributed by atoms with E-state index in [1.165, 1.54) is 24.3 Å². The summed E-state index contributed by atoms with van der Waals surface area (Å²) in [5.41, 5.74) is -0.783. The standard InChI is InChI=1S/C34H32F3N5O4/c1-2-23-25(36)7-6-19-12-22(43)13-24(26(19)23)29-28(37)30-27-31(42-10-3-4-11-44-16-21(42)17-45-32(27)38-29)40-33(39-30)46-18-34-8-5-9-41(34)15-20(35)14-34/h1,6-7,12-13,20-21,43H,3-5,8-11,14-18H2/t20-,21-,34+/m1/s1. The van der Waals surface area contributed by atoms with Gasteiger partial charge in [-0.3, -0.25) is 4.90 Å². The van der Waals surface area contributed by atoms with Crippen molar-refractivity contribution < 1.29 is 32.5 Å². The molecule has 8 rings (SSSR count). The number of nitrogens with zero attached hydrogens (tertiary/aromatic N) is 5. The van der Waals surface area contributed by atoms with Crippen molar-refractivity contribution in [2.24, 2.45) is 0 Å². The molecule has 4 aliphatic heterocycles. The first-order chi connectivity index (χ1) is 22.3. The third kappa shape index (κ3) is 4.67. The second-order valence-corrected chi connectivity index (χ2v) is 12.6. The largest absolute Gasteiger partial charge is 0.508 e. The minimum absolute atomic E-state index is 0.0483. The summed E-state index contributed by atoms with van der Waals surface area (Å²) >= 11 is 0. The van der Waals surface area contributed by atoms with Crippen molar-refractivity contribution in [3.05, 3.63) is 41.5 Å². The molecule has 0 unspecified atom stereocenters. The van der Waals surface area contributed by atoms with E-state index in [9.17, 15) is 13.9 Å². The highest BCUT2D eigenvalue weighted by molar-refractivity contribution is 6.04. The molecule has 238 valence electrons. The first-order valence-corrected chi connectivity index (χ1v) is 15.7. The Morgan fingerprint density at radius 3 is 2.85 bits per heavy atom. The van der Waals surface area contributed by atoms with Gasteiger partial charge < -0.3 is 24.2 Å². The zero-order valence-electron chi connectivity index (χ0n) is 25.1. The van der Waals surface area contributed by atoms with Crippen LogP contribution in [0, 0.1) is 24.0 Å². The second kappa shape index (κ2) is 11.2. The Bertz CT molecular complexity index is 1920. The molecule has 0 saturated carbocycles. The van der Waals surface area contributed by atoms with E-state index >= 15 is 4.39 Å². The lowest BCUT2D eigenvalue weighted by Gasteiger charge is -2.33. The van der Waals surface area contributed by atoms with Crippen molar-refractivity contribution in [2.75, 3.05) is 51.0 Å². The lowest BCUT2D eigenvalue weighted by atomic mass is 9.95. The molecule has 2 aromatic heterocycles. The number of aromatic nitrogens is 3. The molecule has 3 fully saturated rings. The highest BCUT2D eigenvalue weighted by atomic mass is 19.1. The SMILES string of the molecule is C#Cc1c(F)ccc2cc(O)cc(-c3nc4c5c(nc(OC[C@@]67CCCN6C[C@H](F)C7)nc5c3F)N3CCCCOC[C@@H]3CO4)c12. The van der Waals surface area contributed by atoms with E-state index in [-0.39, 0.29) is 70.0 Å². The quantitative estimate of drug-likeness (QED) is 0.308. The third-order valence-electron chi connectivity index (χ3n) is 9.77. The molecule has 9 nitrogen and oxygen atoms in total. The maximum absolute atomic E-state index is 17.0. The first kappa shape index (κ1) is 29.1. The lowest BCUT2D eigenvalue weighted by Crippen LogP contribution is -2.45. The molecule has 0 amide bonds. The lowest BCUT2D eigenvalue weighted by molar-refractivity contribution is 0.0912. The average molecular weight is 632 g/mol. The molecule has 0 spiro atoms. The summed E-state index contributed by atoms with van der Waals surface area (Å²) in [5, 5.41) is 11.5. The Hall–Kier alpha value is -4.34. The predicted octanol–water partition coefficient (Wildman–Crippen LogP) is 5.14. The molecule has 4 aliphatic rings. The van der Waals surface area contributed by atoms with Gasteiger partial charge in [-0.15, -0.1) is 6.42 Å². The van der Waals surface area contributed by atoms with E-state index < -0.39 is 23.3 Å². The van der Waals surface area contributed by atoms with Crippen LogP contribution in [0.2, 0.25) is 0 Å². The summed E-state index contributed by atoms with van der Waals surface area (Å²) in [4.78, 5) is 18.2. The summed E-state index contributed by atoms with van der Waals surface area (Å²) < 4.78 is 64.8. The molecular weight excluding hydrogens is 599 g/mol. The van der Waals surface area contributed by atoms with Gasteiger partial charge >= 0.3 is 6.01 Å². The fraction of sp³-hybridized carbons (Fsp3) is 0.441. The zero-order chi connectivity index (χ0) is 31.6. The van der Waals surface area contributed by atoms with Gasteiger partial charge in [-0.2, -0.15) is 9.97 Å². The predicted molar refractivity (Wildman–Crippen MR) is 165 cm³/mol. The second-order valence-electron chi connectivity index (χ2n) is 12.6. The maximum atomic E-state index is 17.0. The number of hydrogen-bond donors (Lipinski definition) is 1. The van der Waals surface area contributed by atoms with Gasteiger partial charge in [0.25, 0.3) is 0 Å². The van der Waals surface area contributed by atoms with E-state index in [2.05, 4.69) is 20.8 Å². The fourth-order valence-corrected chi connectivity index (χ4v) is 7.63. The van der Waals surface area contributed by atoms with Crippen molar-refractivity contribution >= 4 is 27.5 Å². The number of hydrogen-bond acceptors (Lipinski definition) is 9. The van der Waals surface area contributed by atoms with Crippen LogP contribution in [-0.2, 0) is 4.74 Å². The minimum atomic E-state index is -0.937. The van der Waals surface area contributed by atoms with Gasteiger partial charge in [0.2, 0.25) is 5.88 Å². The smallest absolute Gasteiger partial charge is 0.319 e. The number of benzene rings is 2. The number of aromatic hydroxyl groups is 1. The highest BCUT2D eigenvalue weighted by Crippen LogP contribution is 2.44. The van der Waals surface area contributed by atoms with Gasteiger partial charge in [-0.1, -0.05) is 12.0 Å². The first-order valence-electron chi connectivity index (χ1n) is 15.7. The van der Waals surface area contributed by atoms with Crippen LogP contribution in [0.4, 0.5) is 19.0 Å². The van der Waals surface area contributed by atoms with Crippen molar-refractivity contribution in [3.8, 4) is 41.2 Å². The van der Waals surface area contributed by atoms with Crippen LogP contribution in [0.3, 0.4) is 0 Å². The number of phenols is 1. The number of phenolic OH excluding ortho intramolecular Hbond substituents is 1. The molecule has 2 aromatic carbocycles. The van der Waals surface area contributed by atoms with Gasteiger partial charge in [0, 0.05) is 37.1 Å². The van der Waals surface area contributed by atoms with Crippen molar-refractivity contribution in [2.45, 2.75) is 49.9 Å². The van der Waals surface area contributed by atoms with Gasteiger partial charge in [-0.25, -0.2) is 18.2 Å². The number of fused-ring (bicyclic) bond motifs is 4. The van der Waals surface area contributed by atoms with Crippen LogP contribution in [0.25, 0.3) is 32.9 Å². The molecule has 4 aromatic rings. The molecule has 46 heavy (non-hydrogen) atoms. The van der Waals surface area contributed by atoms with E-state index in [0.29, 0.717) is 43.9 Å².